The molecular formula is C13H14BrN7. The molecule has 2 rings (SSSR count). The zero-order valence-electron chi connectivity index (χ0n) is 11.8. The lowest BCUT2D eigenvalue weighted by molar-refractivity contribution is 0.963. The molecule has 0 amide bonds. The topological polar surface area (TPSA) is 89.8 Å². The molecule has 2 aromatic rings. The lowest BCUT2D eigenvalue weighted by Crippen LogP contribution is -2.15. The Labute approximate surface area is 131 Å². The van der Waals surface area contributed by atoms with E-state index in [1.165, 1.54) is 0 Å². The summed E-state index contributed by atoms with van der Waals surface area (Å²) < 4.78 is 0.838. The smallest absolute Gasteiger partial charge is 0.233 e. The molecule has 0 spiro atoms. The first kappa shape index (κ1) is 15.0. The number of anilines is 4. The molecule has 7 nitrogen and oxygen atoms in total. The van der Waals surface area contributed by atoms with Crippen LogP contribution in [0.15, 0.2) is 22.7 Å². The summed E-state index contributed by atoms with van der Waals surface area (Å²) in [4.78, 5) is 14.5. The zero-order valence-corrected chi connectivity index (χ0v) is 13.4. The summed E-state index contributed by atoms with van der Waals surface area (Å²) in [5, 5.41) is 15.1. The van der Waals surface area contributed by atoms with Crippen molar-refractivity contribution in [3.05, 3.63) is 28.2 Å². The molecule has 0 unspecified atom stereocenters. The van der Waals surface area contributed by atoms with Crippen molar-refractivity contribution in [1.29, 1.82) is 5.26 Å². The number of nitrogens with one attached hydrogen (secondary N) is 2. The van der Waals surface area contributed by atoms with Crippen molar-refractivity contribution in [3.63, 3.8) is 0 Å². The number of aromatic nitrogens is 3. The fourth-order valence-electron chi connectivity index (χ4n) is 1.57. The van der Waals surface area contributed by atoms with Crippen molar-refractivity contribution in [2.75, 3.05) is 36.7 Å². The average molecular weight is 348 g/mol. The second-order valence-electron chi connectivity index (χ2n) is 4.35. The first-order valence-corrected chi connectivity index (χ1v) is 6.90. The van der Waals surface area contributed by atoms with Crippen LogP contribution in [0, 0.1) is 11.3 Å². The number of hydrogen-bond donors (Lipinski definition) is 2. The summed E-state index contributed by atoms with van der Waals surface area (Å²) in [6, 6.07) is 7.50. The van der Waals surface area contributed by atoms with E-state index in [9.17, 15) is 5.26 Å². The van der Waals surface area contributed by atoms with Crippen LogP contribution in [0.2, 0.25) is 0 Å². The number of rotatable bonds is 4. The van der Waals surface area contributed by atoms with Crippen molar-refractivity contribution in [3.8, 4) is 6.07 Å². The molecule has 0 saturated carbocycles. The van der Waals surface area contributed by atoms with Gasteiger partial charge in [0.05, 0.1) is 11.3 Å². The largest absolute Gasteiger partial charge is 0.357 e. The van der Waals surface area contributed by atoms with Crippen LogP contribution < -0.4 is 15.5 Å². The Morgan fingerprint density at radius 1 is 1.19 bits per heavy atom. The molecule has 0 aliphatic heterocycles. The van der Waals surface area contributed by atoms with E-state index in [4.69, 9.17) is 0 Å². The Kier molecular flexibility index (Phi) is 4.55. The van der Waals surface area contributed by atoms with Gasteiger partial charge in [0.15, 0.2) is 0 Å². The standard InChI is InChI=1S/C13H14BrN7/c1-16-11-18-12(20-13(19-11)21(2)3)17-10-5-4-9(14)6-8(10)7-15/h4-6H,1-3H3,(H2,16,17,18,19,20). The van der Waals surface area contributed by atoms with Gasteiger partial charge in [0.25, 0.3) is 0 Å². The van der Waals surface area contributed by atoms with Gasteiger partial charge < -0.3 is 15.5 Å². The number of nitriles is 1. The summed E-state index contributed by atoms with van der Waals surface area (Å²) in [7, 11) is 5.43. The fourth-order valence-corrected chi connectivity index (χ4v) is 1.93. The molecule has 8 heteroatoms. The first-order valence-electron chi connectivity index (χ1n) is 6.11. The predicted octanol–water partition coefficient (Wildman–Crippen LogP) is 2.36. The lowest BCUT2D eigenvalue weighted by atomic mass is 10.2. The van der Waals surface area contributed by atoms with Crippen molar-refractivity contribution in [1.82, 2.24) is 15.0 Å². The minimum atomic E-state index is 0.372. The Balaban J connectivity index is 2.40. The van der Waals surface area contributed by atoms with Crippen molar-refractivity contribution < 1.29 is 0 Å². The first-order chi connectivity index (χ1) is 10.0. The molecule has 2 N–H and O–H groups in total. The number of halogens is 1. The van der Waals surface area contributed by atoms with Gasteiger partial charge in [-0.25, -0.2) is 0 Å². The SMILES string of the molecule is CNc1nc(Nc2ccc(Br)cc2C#N)nc(N(C)C)n1. The van der Waals surface area contributed by atoms with E-state index in [2.05, 4.69) is 47.6 Å². The molecule has 1 heterocycles. The van der Waals surface area contributed by atoms with Gasteiger partial charge in [-0.15, -0.1) is 0 Å². The molecule has 0 aliphatic carbocycles. The maximum absolute atomic E-state index is 9.18. The van der Waals surface area contributed by atoms with Crippen LogP contribution in [0.5, 0.6) is 0 Å². The van der Waals surface area contributed by atoms with Crippen LogP contribution in [-0.2, 0) is 0 Å². The van der Waals surface area contributed by atoms with E-state index < -0.39 is 0 Å². The van der Waals surface area contributed by atoms with Gasteiger partial charge >= 0.3 is 0 Å². The van der Waals surface area contributed by atoms with Crippen LogP contribution in [0.3, 0.4) is 0 Å². The highest BCUT2D eigenvalue weighted by Gasteiger charge is 2.09. The third kappa shape index (κ3) is 3.58. The Morgan fingerprint density at radius 3 is 2.52 bits per heavy atom. The van der Waals surface area contributed by atoms with E-state index in [0.717, 1.165) is 4.47 Å². The van der Waals surface area contributed by atoms with Gasteiger partial charge in [0, 0.05) is 25.6 Å². The van der Waals surface area contributed by atoms with Crippen LogP contribution >= 0.6 is 15.9 Å². The third-order valence-corrected chi connectivity index (χ3v) is 3.09. The quantitative estimate of drug-likeness (QED) is 0.877. The predicted molar refractivity (Wildman–Crippen MR) is 85.8 cm³/mol. The fraction of sp³-hybridized carbons (Fsp3) is 0.231. The highest BCUT2D eigenvalue weighted by Crippen LogP contribution is 2.23. The van der Waals surface area contributed by atoms with Crippen LogP contribution in [0.25, 0.3) is 0 Å². The van der Waals surface area contributed by atoms with E-state index in [-0.39, 0.29) is 0 Å². The molecule has 0 saturated heterocycles. The number of benzene rings is 1. The Hall–Kier alpha value is -2.40. The molecule has 21 heavy (non-hydrogen) atoms. The Morgan fingerprint density at radius 2 is 1.90 bits per heavy atom. The molecule has 0 radical (unpaired) electrons. The highest BCUT2D eigenvalue weighted by molar-refractivity contribution is 9.10. The monoisotopic (exact) mass is 347 g/mol. The van der Waals surface area contributed by atoms with E-state index in [1.54, 1.807) is 24.1 Å². The summed E-state index contributed by atoms with van der Waals surface area (Å²) >= 11 is 3.34. The molecule has 1 aromatic carbocycles. The lowest BCUT2D eigenvalue weighted by Gasteiger charge is -2.13. The normalized spacial score (nSPS) is 9.86. The molecule has 0 aliphatic rings. The van der Waals surface area contributed by atoms with Crippen molar-refractivity contribution in [2.45, 2.75) is 0 Å². The third-order valence-electron chi connectivity index (χ3n) is 2.60. The highest BCUT2D eigenvalue weighted by atomic mass is 79.9. The van der Waals surface area contributed by atoms with Crippen LogP contribution in [-0.4, -0.2) is 36.1 Å². The Bertz CT molecular complexity index is 693. The number of nitrogens with zero attached hydrogens (tertiary/aromatic N) is 5. The summed E-state index contributed by atoms with van der Waals surface area (Å²) in [6.45, 7) is 0. The van der Waals surface area contributed by atoms with Gasteiger partial charge in [-0.1, -0.05) is 15.9 Å². The zero-order chi connectivity index (χ0) is 15.4. The van der Waals surface area contributed by atoms with E-state index in [1.807, 2.05) is 20.2 Å². The van der Waals surface area contributed by atoms with Crippen molar-refractivity contribution >= 4 is 39.5 Å². The van der Waals surface area contributed by atoms with Gasteiger partial charge in [0.1, 0.15) is 6.07 Å². The van der Waals surface area contributed by atoms with Crippen molar-refractivity contribution in [2.24, 2.45) is 0 Å². The molecule has 0 atom stereocenters. The maximum atomic E-state index is 9.18. The number of hydrogen-bond acceptors (Lipinski definition) is 7. The molecule has 1 aromatic heterocycles. The molecular weight excluding hydrogens is 334 g/mol. The summed E-state index contributed by atoms with van der Waals surface area (Å²) in [5.74, 6) is 1.34. The van der Waals surface area contributed by atoms with Gasteiger partial charge in [0.2, 0.25) is 17.8 Å². The average Bonchev–Trinajstić information content (AvgIpc) is 2.48. The van der Waals surface area contributed by atoms with E-state index >= 15 is 0 Å². The maximum Gasteiger partial charge on any atom is 0.233 e. The van der Waals surface area contributed by atoms with E-state index in [0.29, 0.717) is 29.1 Å². The molecule has 108 valence electrons. The minimum absolute atomic E-state index is 0.372. The summed E-state index contributed by atoms with van der Waals surface area (Å²) in [5.41, 5.74) is 1.14. The van der Waals surface area contributed by atoms with Crippen LogP contribution in [0.1, 0.15) is 5.56 Å². The van der Waals surface area contributed by atoms with Gasteiger partial charge in [-0.2, -0.15) is 20.2 Å². The second-order valence-corrected chi connectivity index (χ2v) is 5.27. The minimum Gasteiger partial charge on any atom is -0.357 e. The van der Waals surface area contributed by atoms with Gasteiger partial charge in [-0.05, 0) is 18.2 Å². The molecule has 0 bridgehead atoms. The molecule has 0 fully saturated rings. The summed E-state index contributed by atoms with van der Waals surface area (Å²) in [6.07, 6.45) is 0. The van der Waals surface area contributed by atoms with Crippen LogP contribution in [0.4, 0.5) is 23.5 Å². The second kappa shape index (κ2) is 6.37. The van der Waals surface area contributed by atoms with Gasteiger partial charge in [-0.3, -0.25) is 0 Å².